The van der Waals surface area contributed by atoms with Crippen LogP contribution in [0.15, 0.2) is 12.3 Å². The first-order chi connectivity index (χ1) is 9.65. The number of hydrogen-bond donors (Lipinski definition) is 1. The number of esters is 1. The molecular formula is C12H13N3O3S2. The molecule has 0 aliphatic carbocycles. The van der Waals surface area contributed by atoms with E-state index in [4.69, 9.17) is 4.74 Å². The fourth-order valence-electron chi connectivity index (χ4n) is 1.50. The molecule has 0 atom stereocenters. The Kier molecular flexibility index (Phi) is 4.80. The first-order valence-corrected chi connectivity index (χ1v) is 7.63. The average Bonchev–Trinajstić information content (AvgIpc) is 3.08. The van der Waals surface area contributed by atoms with Crippen LogP contribution in [0.5, 0.6) is 0 Å². The van der Waals surface area contributed by atoms with E-state index in [0.717, 1.165) is 22.8 Å². The van der Waals surface area contributed by atoms with Crippen molar-refractivity contribution in [1.29, 1.82) is 0 Å². The second-order valence-electron chi connectivity index (χ2n) is 3.77. The van der Waals surface area contributed by atoms with Crippen LogP contribution in [0.25, 0.3) is 0 Å². The van der Waals surface area contributed by atoms with Crippen molar-refractivity contribution in [1.82, 2.24) is 9.59 Å². The number of amides is 1. The lowest BCUT2D eigenvalue weighted by Crippen LogP contribution is -2.13. The number of carbonyl (C=O) groups excluding carboxylic acids is 2. The number of nitrogens with one attached hydrogen (secondary N) is 1. The topological polar surface area (TPSA) is 81.2 Å². The molecule has 0 aromatic carbocycles. The zero-order chi connectivity index (χ0) is 14.5. The Morgan fingerprint density at radius 2 is 2.20 bits per heavy atom. The van der Waals surface area contributed by atoms with E-state index in [1.165, 1.54) is 17.5 Å². The van der Waals surface area contributed by atoms with Gasteiger partial charge in [0.15, 0.2) is 0 Å². The fraction of sp³-hybridized carbons (Fsp3) is 0.333. The molecule has 20 heavy (non-hydrogen) atoms. The molecule has 1 amide bonds. The summed E-state index contributed by atoms with van der Waals surface area (Å²) in [6, 6.07) is 1.75. The highest BCUT2D eigenvalue weighted by atomic mass is 32.1. The largest absolute Gasteiger partial charge is 0.462 e. The third kappa shape index (κ3) is 3.20. The zero-order valence-electron chi connectivity index (χ0n) is 11.0. The minimum absolute atomic E-state index is 0.294. The van der Waals surface area contributed by atoms with Crippen LogP contribution in [0.2, 0.25) is 0 Å². The molecule has 0 aliphatic heterocycles. The first kappa shape index (κ1) is 14.6. The standard InChI is InChI=1S/C12H13N3O3S2/c1-3-7-5-8(12(17)18-4-2)11(19-7)14-10(16)9-6-13-15-20-9/h5-6H,3-4H2,1-2H3,(H,14,16). The normalized spacial score (nSPS) is 10.3. The van der Waals surface area contributed by atoms with Gasteiger partial charge in [0.25, 0.3) is 5.91 Å². The predicted molar refractivity (Wildman–Crippen MR) is 77.5 cm³/mol. The van der Waals surface area contributed by atoms with Crippen LogP contribution in [0, 0.1) is 0 Å². The SMILES string of the molecule is CCOC(=O)c1cc(CC)sc1NC(=O)c1cnns1. The lowest BCUT2D eigenvalue weighted by molar-refractivity contribution is 0.0528. The monoisotopic (exact) mass is 311 g/mol. The molecule has 2 heterocycles. The van der Waals surface area contributed by atoms with Crippen molar-refractivity contribution >= 4 is 39.7 Å². The summed E-state index contributed by atoms with van der Waals surface area (Å²) in [6.07, 6.45) is 2.17. The van der Waals surface area contributed by atoms with Gasteiger partial charge in [0.2, 0.25) is 0 Å². The number of anilines is 1. The van der Waals surface area contributed by atoms with Crippen molar-refractivity contribution in [2.24, 2.45) is 0 Å². The van der Waals surface area contributed by atoms with Crippen molar-refractivity contribution in [3.05, 3.63) is 27.6 Å². The number of ether oxygens (including phenoxy) is 1. The summed E-state index contributed by atoms with van der Waals surface area (Å²) in [5, 5.41) is 6.83. The average molecular weight is 311 g/mol. The van der Waals surface area contributed by atoms with Crippen LogP contribution in [0.4, 0.5) is 5.00 Å². The first-order valence-electron chi connectivity index (χ1n) is 6.04. The molecule has 1 N–H and O–H groups in total. The highest BCUT2D eigenvalue weighted by Crippen LogP contribution is 2.29. The van der Waals surface area contributed by atoms with Gasteiger partial charge in [0.05, 0.1) is 18.4 Å². The summed E-state index contributed by atoms with van der Waals surface area (Å²) in [5.41, 5.74) is 0.388. The fourth-order valence-corrected chi connectivity index (χ4v) is 2.89. The van der Waals surface area contributed by atoms with Crippen LogP contribution in [0.1, 0.15) is 38.8 Å². The van der Waals surface area contributed by atoms with E-state index in [0.29, 0.717) is 22.0 Å². The van der Waals surface area contributed by atoms with Crippen LogP contribution in [-0.4, -0.2) is 28.1 Å². The minimum Gasteiger partial charge on any atom is -0.462 e. The van der Waals surface area contributed by atoms with Crippen molar-refractivity contribution in [3.8, 4) is 0 Å². The van der Waals surface area contributed by atoms with Crippen molar-refractivity contribution in [2.45, 2.75) is 20.3 Å². The molecule has 0 spiro atoms. The Hall–Kier alpha value is -1.80. The van der Waals surface area contributed by atoms with Gasteiger partial charge >= 0.3 is 5.97 Å². The maximum Gasteiger partial charge on any atom is 0.341 e. The third-order valence-corrected chi connectivity index (χ3v) is 4.30. The van der Waals surface area contributed by atoms with Crippen LogP contribution in [-0.2, 0) is 11.2 Å². The predicted octanol–water partition coefficient (Wildman–Crippen LogP) is 2.59. The lowest BCUT2D eigenvalue weighted by atomic mass is 10.2. The summed E-state index contributed by atoms with van der Waals surface area (Å²) >= 11 is 2.37. The van der Waals surface area contributed by atoms with Gasteiger partial charge in [-0.3, -0.25) is 4.79 Å². The van der Waals surface area contributed by atoms with E-state index >= 15 is 0 Å². The molecule has 6 nitrogen and oxygen atoms in total. The quantitative estimate of drug-likeness (QED) is 0.858. The van der Waals surface area contributed by atoms with Crippen LogP contribution in [0.3, 0.4) is 0 Å². The van der Waals surface area contributed by atoms with Gasteiger partial charge in [0, 0.05) is 4.88 Å². The molecule has 0 fully saturated rings. The molecule has 0 saturated carbocycles. The summed E-state index contributed by atoms with van der Waals surface area (Å²) < 4.78 is 8.63. The third-order valence-electron chi connectivity index (χ3n) is 2.44. The molecule has 0 saturated heterocycles. The molecule has 0 aliphatic rings. The van der Waals surface area contributed by atoms with E-state index in [-0.39, 0.29) is 5.91 Å². The second-order valence-corrected chi connectivity index (χ2v) is 5.69. The number of aryl methyl sites for hydroxylation is 1. The van der Waals surface area contributed by atoms with Gasteiger partial charge in [-0.15, -0.1) is 16.4 Å². The molecule has 8 heteroatoms. The van der Waals surface area contributed by atoms with Gasteiger partial charge in [-0.25, -0.2) is 4.79 Å². The van der Waals surface area contributed by atoms with Crippen LogP contribution < -0.4 is 5.32 Å². The summed E-state index contributed by atoms with van der Waals surface area (Å²) in [7, 11) is 0. The van der Waals surface area contributed by atoms with E-state index in [1.807, 2.05) is 6.92 Å². The zero-order valence-corrected chi connectivity index (χ0v) is 12.6. The maximum atomic E-state index is 12.0. The highest BCUT2D eigenvalue weighted by Gasteiger charge is 2.19. The Morgan fingerprint density at radius 3 is 2.80 bits per heavy atom. The maximum absolute atomic E-state index is 12.0. The van der Waals surface area contributed by atoms with Gasteiger partial charge in [-0.2, -0.15) is 0 Å². The summed E-state index contributed by atoms with van der Waals surface area (Å²) in [4.78, 5) is 25.3. The number of hydrogen-bond acceptors (Lipinski definition) is 7. The molecule has 2 aromatic rings. The van der Waals surface area contributed by atoms with Crippen molar-refractivity contribution in [2.75, 3.05) is 11.9 Å². The Bertz CT molecular complexity index is 608. The highest BCUT2D eigenvalue weighted by molar-refractivity contribution is 7.16. The molecule has 0 bridgehead atoms. The minimum atomic E-state index is -0.429. The van der Waals surface area contributed by atoms with Gasteiger partial charge in [0.1, 0.15) is 9.88 Å². The molecule has 106 valence electrons. The summed E-state index contributed by atoms with van der Waals surface area (Å²) in [6.45, 7) is 4.02. The number of nitrogens with zero attached hydrogens (tertiary/aromatic N) is 2. The molecule has 0 radical (unpaired) electrons. The van der Waals surface area contributed by atoms with E-state index in [9.17, 15) is 9.59 Å². The van der Waals surface area contributed by atoms with Gasteiger partial charge in [-0.05, 0) is 30.9 Å². The smallest absolute Gasteiger partial charge is 0.341 e. The van der Waals surface area contributed by atoms with E-state index < -0.39 is 5.97 Å². The van der Waals surface area contributed by atoms with E-state index in [1.54, 1.807) is 13.0 Å². The molecule has 2 aromatic heterocycles. The van der Waals surface area contributed by atoms with E-state index in [2.05, 4.69) is 14.9 Å². The lowest BCUT2D eigenvalue weighted by Gasteiger charge is -2.04. The molecule has 0 unspecified atom stereocenters. The molecule has 2 rings (SSSR count). The second kappa shape index (κ2) is 6.58. The number of carbonyl (C=O) groups is 2. The number of aromatic nitrogens is 2. The Morgan fingerprint density at radius 1 is 1.40 bits per heavy atom. The van der Waals surface area contributed by atoms with Gasteiger partial charge < -0.3 is 10.1 Å². The Labute approximate surface area is 123 Å². The van der Waals surface area contributed by atoms with Crippen molar-refractivity contribution < 1.29 is 14.3 Å². The number of rotatable bonds is 5. The van der Waals surface area contributed by atoms with Gasteiger partial charge in [-0.1, -0.05) is 11.4 Å². The van der Waals surface area contributed by atoms with Crippen LogP contribution >= 0.6 is 22.9 Å². The Balaban J connectivity index is 2.23. The molecular weight excluding hydrogens is 298 g/mol. The summed E-state index contributed by atoms with van der Waals surface area (Å²) in [5.74, 6) is -0.753. The number of thiophene rings is 1. The van der Waals surface area contributed by atoms with Crippen molar-refractivity contribution in [3.63, 3.8) is 0 Å².